The lowest BCUT2D eigenvalue weighted by molar-refractivity contribution is -0.115. The normalized spacial score (nSPS) is 13.5. The number of benzene rings is 2. The number of aliphatic imine (C=N–C) groups is 1. The van der Waals surface area contributed by atoms with Crippen LogP contribution in [0.4, 0.5) is 11.4 Å². The minimum absolute atomic E-state index is 0.139. The Morgan fingerprint density at radius 1 is 1.00 bits per heavy atom. The molecule has 0 saturated heterocycles. The number of carbonyl (C=O) groups is 1. The van der Waals surface area contributed by atoms with E-state index in [1.165, 1.54) is 0 Å². The number of halogens is 2. The van der Waals surface area contributed by atoms with Crippen LogP contribution in [0.5, 0.6) is 0 Å². The third kappa shape index (κ3) is 4.55. The second-order valence-corrected chi connectivity index (χ2v) is 8.60. The van der Waals surface area contributed by atoms with Gasteiger partial charge in [0.1, 0.15) is 0 Å². The van der Waals surface area contributed by atoms with Crippen molar-refractivity contribution in [3.8, 4) is 11.1 Å². The Labute approximate surface area is 186 Å². The first-order valence-corrected chi connectivity index (χ1v) is 10.6. The van der Waals surface area contributed by atoms with E-state index in [0.29, 0.717) is 33.0 Å². The summed E-state index contributed by atoms with van der Waals surface area (Å²) in [6.07, 6.45) is 2.95. The van der Waals surface area contributed by atoms with E-state index < -0.39 is 0 Å². The van der Waals surface area contributed by atoms with Crippen LogP contribution in [0.2, 0.25) is 10.0 Å². The minimum atomic E-state index is -0.139. The number of nitrogens with zero attached hydrogens (tertiary/aromatic N) is 2. The predicted molar refractivity (Wildman–Crippen MR) is 124 cm³/mol. The SMILES string of the molecule is CC(C)Cc1cc(-c2cccc(C3=Nc4cc(Cl)c(Cl)cc4NC(=O)C3)c2)ccn1. The van der Waals surface area contributed by atoms with Gasteiger partial charge in [-0.1, -0.05) is 55.2 Å². The van der Waals surface area contributed by atoms with Gasteiger partial charge in [0.15, 0.2) is 0 Å². The lowest BCUT2D eigenvalue weighted by Gasteiger charge is -2.09. The summed E-state index contributed by atoms with van der Waals surface area (Å²) >= 11 is 12.3. The van der Waals surface area contributed by atoms with E-state index in [0.717, 1.165) is 28.8 Å². The average molecular weight is 438 g/mol. The van der Waals surface area contributed by atoms with Crippen molar-refractivity contribution in [2.24, 2.45) is 10.9 Å². The zero-order valence-electron chi connectivity index (χ0n) is 16.7. The van der Waals surface area contributed by atoms with Crippen molar-refractivity contribution in [1.29, 1.82) is 0 Å². The van der Waals surface area contributed by atoms with Crippen LogP contribution in [-0.2, 0) is 11.2 Å². The van der Waals surface area contributed by atoms with Crippen LogP contribution in [0, 0.1) is 5.92 Å². The zero-order chi connectivity index (χ0) is 21.3. The highest BCUT2D eigenvalue weighted by Crippen LogP contribution is 2.36. The molecular weight excluding hydrogens is 417 g/mol. The van der Waals surface area contributed by atoms with Gasteiger partial charge < -0.3 is 5.32 Å². The molecule has 4 nitrogen and oxygen atoms in total. The van der Waals surface area contributed by atoms with E-state index in [2.05, 4.69) is 42.3 Å². The standard InChI is InChI=1S/C24H21Cl2N3O/c1-14(2)8-18-10-16(6-7-27-18)15-4-3-5-17(9-15)21-13-24(30)29-23-12-20(26)19(25)11-22(23)28-21/h3-7,9-12,14H,8,13H2,1-2H3,(H,29,30). The van der Waals surface area contributed by atoms with Crippen molar-refractivity contribution in [2.45, 2.75) is 26.7 Å². The van der Waals surface area contributed by atoms with E-state index in [9.17, 15) is 4.79 Å². The molecule has 0 atom stereocenters. The molecule has 2 aromatic carbocycles. The number of anilines is 1. The monoisotopic (exact) mass is 437 g/mol. The maximum Gasteiger partial charge on any atom is 0.230 e. The van der Waals surface area contributed by atoms with Crippen LogP contribution in [0.25, 0.3) is 11.1 Å². The second-order valence-electron chi connectivity index (χ2n) is 7.78. The van der Waals surface area contributed by atoms with Crippen LogP contribution >= 0.6 is 23.2 Å². The molecule has 6 heteroatoms. The van der Waals surface area contributed by atoms with Gasteiger partial charge in [-0.25, -0.2) is 0 Å². The van der Waals surface area contributed by atoms with E-state index in [-0.39, 0.29) is 12.3 Å². The number of pyridine rings is 1. The number of carbonyl (C=O) groups excluding carboxylic acids is 1. The molecule has 1 aromatic heterocycles. The molecule has 1 aliphatic rings. The fourth-order valence-electron chi connectivity index (χ4n) is 3.49. The topological polar surface area (TPSA) is 54.4 Å². The lowest BCUT2D eigenvalue weighted by Crippen LogP contribution is -2.15. The Kier molecular flexibility index (Phi) is 5.89. The van der Waals surface area contributed by atoms with Crippen molar-refractivity contribution in [2.75, 3.05) is 5.32 Å². The first-order chi connectivity index (χ1) is 14.4. The quantitative estimate of drug-likeness (QED) is 0.492. The van der Waals surface area contributed by atoms with Gasteiger partial charge in [-0.05, 0) is 59.4 Å². The number of hydrogen-bond acceptors (Lipinski definition) is 3. The summed E-state index contributed by atoms with van der Waals surface area (Å²) in [6, 6.07) is 15.5. The minimum Gasteiger partial charge on any atom is -0.324 e. The van der Waals surface area contributed by atoms with Gasteiger partial charge in [-0.2, -0.15) is 0 Å². The van der Waals surface area contributed by atoms with Crippen LogP contribution in [0.1, 0.15) is 31.5 Å². The number of fused-ring (bicyclic) bond motifs is 1. The number of aromatic nitrogens is 1. The Morgan fingerprint density at radius 2 is 1.73 bits per heavy atom. The predicted octanol–water partition coefficient (Wildman–Crippen LogP) is 6.72. The molecule has 152 valence electrons. The molecule has 1 N–H and O–H groups in total. The average Bonchev–Trinajstić information content (AvgIpc) is 2.86. The van der Waals surface area contributed by atoms with Gasteiger partial charge in [0.05, 0.1) is 33.6 Å². The van der Waals surface area contributed by atoms with Crippen molar-refractivity contribution in [3.05, 3.63) is 76.0 Å². The summed E-state index contributed by atoms with van der Waals surface area (Å²) in [5.41, 5.74) is 5.95. The van der Waals surface area contributed by atoms with Crippen molar-refractivity contribution >= 4 is 46.2 Å². The van der Waals surface area contributed by atoms with Gasteiger partial charge >= 0.3 is 0 Å². The molecule has 2 heterocycles. The molecular formula is C24H21Cl2N3O. The van der Waals surface area contributed by atoms with E-state index in [1.54, 1.807) is 12.1 Å². The molecule has 0 bridgehead atoms. The highest BCUT2D eigenvalue weighted by Gasteiger charge is 2.19. The fraction of sp³-hybridized carbons (Fsp3) is 0.208. The third-order valence-corrected chi connectivity index (χ3v) is 5.58. The summed E-state index contributed by atoms with van der Waals surface area (Å²) in [5.74, 6) is 0.401. The Bertz CT molecular complexity index is 1150. The smallest absolute Gasteiger partial charge is 0.230 e. The van der Waals surface area contributed by atoms with Crippen LogP contribution < -0.4 is 5.32 Å². The highest BCUT2D eigenvalue weighted by molar-refractivity contribution is 6.42. The first-order valence-electron chi connectivity index (χ1n) is 9.81. The molecule has 0 aliphatic carbocycles. The summed E-state index contributed by atoms with van der Waals surface area (Å²) in [5, 5.41) is 3.64. The van der Waals surface area contributed by atoms with Crippen molar-refractivity contribution in [3.63, 3.8) is 0 Å². The van der Waals surface area contributed by atoms with Gasteiger partial charge in [0.25, 0.3) is 0 Å². The van der Waals surface area contributed by atoms with Crippen LogP contribution in [-0.4, -0.2) is 16.6 Å². The summed E-state index contributed by atoms with van der Waals surface area (Å²) in [7, 11) is 0. The van der Waals surface area contributed by atoms with Crippen molar-refractivity contribution < 1.29 is 4.79 Å². The zero-order valence-corrected chi connectivity index (χ0v) is 18.3. The molecule has 30 heavy (non-hydrogen) atoms. The van der Waals surface area contributed by atoms with Gasteiger partial charge in [0, 0.05) is 11.9 Å². The van der Waals surface area contributed by atoms with E-state index in [4.69, 9.17) is 28.2 Å². The molecule has 0 unspecified atom stereocenters. The molecule has 0 radical (unpaired) electrons. The summed E-state index contributed by atoms with van der Waals surface area (Å²) in [4.78, 5) is 21.7. The van der Waals surface area contributed by atoms with Crippen LogP contribution in [0.3, 0.4) is 0 Å². The lowest BCUT2D eigenvalue weighted by atomic mass is 9.98. The highest BCUT2D eigenvalue weighted by atomic mass is 35.5. The van der Waals surface area contributed by atoms with Gasteiger partial charge in [-0.3, -0.25) is 14.8 Å². The molecule has 1 amide bonds. The molecule has 1 aliphatic heterocycles. The Hall–Kier alpha value is -2.69. The Morgan fingerprint density at radius 3 is 2.53 bits per heavy atom. The summed E-state index contributed by atoms with van der Waals surface area (Å²) in [6.45, 7) is 4.36. The number of rotatable bonds is 4. The number of hydrogen-bond donors (Lipinski definition) is 1. The second kappa shape index (κ2) is 8.58. The molecule has 0 saturated carbocycles. The maximum atomic E-state index is 12.5. The number of amides is 1. The summed E-state index contributed by atoms with van der Waals surface area (Å²) < 4.78 is 0. The van der Waals surface area contributed by atoms with Crippen molar-refractivity contribution in [1.82, 2.24) is 4.98 Å². The molecule has 4 rings (SSSR count). The first kappa shape index (κ1) is 20.6. The molecule has 0 spiro atoms. The molecule has 0 fully saturated rings. The third-order valence-electron chi connectivity index (χ3n) is 4.86. The largest absolute Gasteiger partial charge is 0.324 e. The van der Waals surface area contributed by atoms with Gasteiger partial charge in [-0.15, -0.1) is 0 Å². The molecule has 3 aromatic rings. The fourth-order valence-corrected chi connectivity index (χ4v) is 3.81. The number of nitrogens with one attached hydrogen (secondary N) is 1. The van der Waals surface area contributed by atoms with Gasteiger partial charge in [0.2, 0.25) is 5.91 Å². The van der Waals surface area contributed by atoms with E-state index in [1.807, 2.05) is 24.4 Å². The van der Waals surface area contributed by atoms with E-state index >= 15 is 0 Å². The maximum absolute atomic E-state index is 12.5. The van der Waals surface area contributed by atoms with Crippen LogP contribution in [0.15, 0.2) is 59.7 Å². The Balaban J connectivity index is 1.74.